The Morgan fingerprint density at radius 3 is 2.59 bits per heavy atom. The smallest absolute Gasteiger partial charge is 0.295 e. The number of hydrogen-bond acceptors (Lipinski definition) is 5. The molecular weight excluding hydrogens is 404 g/mol. The molecule has 4 rings (SSSR count). The normalized spacial score (nSPS) is 18.6. The fourth-order valence-corrected chi connectivity index (χ4v) is 3.44. The van der Waals surface area contributed by atoms with E-state index in [1.807, 2.05) is 0 Å². The summed E-state index contributed by atoms with van der Waals surface area (Å²) in [5, 5.41) is 6.04. The third-order valence-electron chi connectivity index (χ3n) is 4.75. The van der Waals surface area contributed by atoms with Crippen LogP contribution in [-0.4, -0.2) is 30.6 Å². The summed E-state index contributed by atoms with van der Waals surface area (Å²) < 4.78 is 39.5. The highest BCUT2D eigenvalue weighted by Gasteiger charge is 2.39. The molecule has 29 heavy (non-hydrogen) atoms. The van der Waals surface area contributed by atoms with Gasteiger partial charge in [0.25, 0.3) is 6.01 Å². The third-order valence-corrected chi connectivity index (χ3v) is 5.01. The van der Waals surface area contributed by atoms with Gasteiger partial charge in [0.1, 0.15) is 23.4 Å². The molecule has 1 aliphatic rings. The molecule has 1 amide bonds. The van der Waals surface area contributed by atoms with Crippen molar-refractivity contribution in [3.05, 3.63) is 64.8 Å². The SMILES string of the molecule is COc1cc(F)c([C@@H]2CNC(=O)[C@H]2Nc2ncc(-c3ccc(Cl)cc3)o2)c(F)c1. The van der Waals surface area contributed by atoms with Crippen LogP contribution in [0.3, 0.4) is 0 Å². The summed E-state index contributed by atoms with van der Waals surface area (Å²) in [6, 6.07) is 8.23. The van der Waals surface area contributed by atoms with Crippen LogP contribution in [0.2, 0.25) is 5.02 Å². The number of amides is 1. The number of oxazole rings is 1. The van der Waals surface area contributed by atoms with E-state index in [-0.39, 0.29) is 23.9 Å². The molecule has 1 aromatic heterocycles. The first kappa shape index (κ1) is 19.2. The summed E-state index contributed by atoms with van der Waals surface area (Å²) in [5.74, 6) is -2.25. The first-order valence-corrected chi connectivity index (χ1v) is 9.13. The molecule has 2 atom stereocenters. The number of halogens is 3. The zero-order chi connectivity index (χ0) is 20.5. The van der Waals surface area contributed by atoms with Crippen molar-refractivity contribution in [2.75, 3.05) is 19.0 Å². The molecule has 2 N–H and O–H groups in total. The Bertz CT molecular complexity index is 1030. The van der Waals surface area contributed by atoms with Crippen LogP contribution in [0.4, 0.5) is 14.8 Å². The van der Waals surface area contributed by atoms with E-state index in [0.717, 1.165) is 17.7 Å². The number of aromatic nitrogens is 1. The summed E-state index contributed by atoms with van der Waals surface area (Å²) in [4.78, 5) is 16.4. The standard InChI is InChI=1S/C20H16ClF2N3O3/c1-28-12-6-14(22)17(15(23)7-12)13-8-24-19(27)18(13)26-20-25-9-16(29-20)10-2-4-11(21)5-3-10/h2-7,9,13,18H,8H2,1H3,(H,24,27)(H,25,26)/t13-,18-/m0/s1. The first-order valence-electron chi connectivity index (χ1n) is 8.75. The van der Waals surface area contributed by atoms with Crippen LogP contribution in [0.15, 0.2) is 47.0 Å². The monoisotopic (exact) mass is 419 g/mol. The van der Waals surface area contributed by atoms with Gasteiger partial charge < -0.3 is 19.8 Å². The van der Waals surface area contributed by atoms with Crippen molar-refractivity contribution in [3.63, 3.8) is 0 Å². The lowest BCUT2D eigenvalue weighted by Crippen LogP contribution is -2.33. The maximum atomic E-state index is 14.5. The Kier molecular flexibility index (Phi) is 5.10. The highest BCUT2D eigenvalue weighted by Crippen LogP contribution is 2.33. The molecule has 1 aliphatic heterocycles. The Labute approximate surface area is 169 Å². The summed E-state index contributed by atoms with van der Waals surface area (Å²) in [6.45, 7) is 0.0709. The van der Waals surface area contributed by atoms with Crippen molar-refractivity contribution in [2.45, 2.75) is 12.0 Å². The molecule has 2 aromatic carbocycles. The number of anilines is 1. The molecule has 0 bridgehead atoms. The summed E-state index contributed by atoms with van der Waals surface area (Å²) in [5.41, 5.74) is 0.542. The molecule has 0 unspecified atom stereocenters. The van der Waals surface area contributed by atoms with E-state index in [0.29, 0.717) is 10.8 Å². The van der Waals surface area contributed by atoms with Gasteiger partial charge in [-0.3, -0.25) is 4.79 Å². The second-order valence-corrected chi connectivity index (χ2v) is 6.95. The van der Waals surface area contributed by atoms with Crippen molar-refractivity contribution < 1.29 is 22.7 Å². The molecule has 2 heterocycles. The van der Waals surface area contributed by atoms with Crippen molar-refractivity contribution in [1.29, 1.82) is 0 Å². The Morgan fingerprint density at radius 1 is 1.24 bits per heavy atom. The Morgan fingerprint density at radius 2 is 1.93 bits per heavy atom. The quantitative estimate of drug-likeness (QED) is 0.654. The lowest BCUT2D eigenvalue weighted by atomic mass is 9.93. The van der Waals surface area contributed by atoms with Gasteiger partial charge in [0.05, 0.1) is 13.3 Å². The van der Waals surface area contributed by atoms with Gasteiger partial charge in [-0.05, 0) is 24.3 Å². The molecular formula is C20H16ClF2N3O3. The van der Waals surface area contributed by atoms with E-state index < -0.39 is 29.5 Å². The largest absolute Gasteiger partial charge is 0.497 e. The fraction of sp³-hybridized carbons (Fsp3) is 0.200. The molecule has 1 saturated heterocycles. The maximum Gasteiger partial charge on any atom is 0.295 e. The molecule has 9 heteroatoms. The predicted octanol–water partition coefficient (Wildman–Crippen LogP) is 3.98. The van der Waals surface area contributed by atoms with Crippen LogP contribution in [-0.2, 0) is 4.79 Å². The molecule has 0 aliphatic carbocycles. The topological polar surface area (TPSA) is 76.4 Å². The molecule has 150 valence electrons. The zero-order valence-electron chi connectivity index (χ0n) is 15.2. The minimum atomic E-state index is -0.955. The Hall–Kier alpha value is -3.13. The van der Waals surface area contributed by atoms with E-state index in [9.17, 15) is 13.6 Å². The summed E-state index contributed by atoms with van der Waals surface area (Å²) >= 11 is 5.88. The van der Waals surface area contributed by atoms with Crippen molar-refractivity contribution >= 4 is 23.5 Å². The number of methoxy groups -OCH3 is 1. The van der Waals surface area contributed by atoms with Crippen molar-refractivity contribution in [3.8, 4) is 17.1 Å². The average Bonchev–Trinajstić information content (AvgIpc) is 3.30. The lowest BCUT2D eigenvalue weighted by molar-refractivity contribution is -0.119. The van der Waals surface area contributed by atoms with Crippen molar-refractivity contribution in [2.24, 2.45) is 0 Å². The highest BCUT2D eigenvalue weighted by molar-refractivity contribution is 6.30. The van der Waals surface area contributed by atoms with Crippen LogP contribution in [0.1, 0.15) is 11.5 Å². The van der Waals surface area contributed by atoms with Gasteiger partial charge in [0.15, 0.2) is 5.76 Å². The summed E-state index contributed by atoms with van der Waals surface area (Å²) in [6.07, 6.45) is 1.49. The van der Waals surface area contributed by atoms with E-state index in [1.54, 1.807) is 24.3 Å². The molecule has 0 radical (unpaired) electrons. The van der Waals surface area contributed by atoms with Crippen LogP contribution >= 0.6 is 11.6 Å². The van der Waals surface area contributed by atoms with Crippen molar-refractivity contribution in [1.82, 2.24) is 10.3 Å². The van der Waals surface area contributed by atoms with Crippen LogP contribution in [0.25, 0.3) is 11.3 Å². The zero-order valence-corrected chi connectivity index (χ0v) is 16.0. The van der Waals surface area contributed by atoms with Gasteiger partial charge in [-0.25, -0.2) is 13.8 Å². The van der Waals surface area contributed by atoms with E-state index in [4.69, 9.17) is 20.8 Å². The molecule has 1 fully saturated rings. The van der Waals surface area contributed by atoms with E-state index in [1.165, 1.54) is 13.3 Å². The van der Waals surface area contributed by atoms with Crippen LogP contribution < -0.4 is 15.4 Å². The van der Waals surface area contributed by atoms with E-state index in [2.05, 4.69) is 15.6 Å². The minimum absolute atomic E-state index is 0.0610. The molecule has 6 nitrogen and oxygen atoms in total. The van der Waals surface area contributed by atoms with Gasteiger partial charge in [0, 0.05) is 40.7 Å². The number of hydrogen-bond donors (Lipinski definition) is 2. The summed E-state index contributed by atoms with van der Waals surface area (Å²) in [7, 11) is 1.32. The van der Waals surface area contributed by atoms with Gasteiger partial charge in [-0.15, -0.1) is 0 Å². The number of benzene rings is 2. The van der Waals surface area contributed by atoms with Gasteiger partial charge in [-0.2, -0.15) is 0 Å². The number of nitrogens with zero attached hydrogens (tertiary/aromatic N) is 1. The van der Waals surface area contributed by atoms with Gasteiger partial charge >= 0.3 is 0 Å². The van der Waals surface area contributed by atoms with Gasteiger partial charge in [-0.1, -0.05) is 11.6 Å². The average molecular weight is 420 g/mol. The number of carbonyl (C=O) groups is 1. The number of ether oxygens (including phenoxy) is 1. The predicted molar refractivity (Wildman–Crippen MR) is 103 cm³/mol. The Balaban J connectivity index is 1.59. The highest BCUT2D eigenvalue weighted by atomic mass is 35.5. The lowest BCUT2D eigenvalue weighted by Gasteiger charge is -2.19. The molecule has 3 aromatic rings. The third kappa shape index (κ3) is 3.75. The molecule has 0 spiro atoms. The fourth-order valence-electron chi connectivity index (χ4n) is 3.31. The van der Waals surface area contributed by atoms with Crippen LogP contribution in [0, 0.1) is 11.6 Å². The number of rotatable bonds is 5. The second-order valence-electron chi connectivity index (χ2n) is 6.51. The van der Waals surface area contributed by atoms with E-state index >= 15 is 0 Å². The number of carbonyl (C=O) groups excluding carboxylic acids is 1. The van der Waals surface area contributed by atoms with Crippen LogP contribution in [0.5, 0.6) is 5.75 Å². The van der Waals surface area contributed by atoms with Gasteiger partial charge in [0.2, 0.25) is 5.91 Å². The second kappa shape index (κ2) is 7.71. The molecule has 0 saturated carbocycles. The maximum absolute atomic E-state index is 14.5. The first-order chi connectivity index (χ1) is 14.0. The number of nitrogens with one attached hydrogen (secondary N) is 2. The minimum Gasteiger partial charge on any atom is -0.497 e.